The van der Waals surface area contributed by atoms with E-state index in [2.05, 4.69) is 10.5 Å². The molecule has 1 heterocycles. The highest BCUT2D eigenvalue weighted by molar-refractivity contribution is 6.10. The van der Waals surface area contributed by atoms with Crippen LogP contribution in [-0.4, -0.2) is 24.8 Å². The lowest BCUT2D eigenvalue weighted by atomic mass is 9.86. The fourth-order valence-electron chi connectivity index (χ4n) is 3.30. The number of ether oxygens (including phenoxy) is 1. The summed E-state index contributed by atoms with van der Waals surface area (Å²) >= 11 is 0. The average molecular weight is 372 g/mol. The fraction of sp³-hybridized carbons (Fsp3) is 0.130. The van der Waals surface area contributed by atoms with E-state index in [0.29, 0.717) is 5.69 Å². The fourth-order valence-corrected chi connectivity index (χ4v) is 3.30. The van der Waals surface area contributed by atoms with E-state index in [1.165, 1.54) is 0 Å². The normalized spacial score (nSPS) is 18.1. The first kappa shape index (κ1) is 17.8. The van der Waals surface area contributed by atoms with Crippen molar-refractivity contribution >= 4 is 17.3 Å². The highest BCUT2D eigenvalue weighted by atomic mass is 16.6. The van der Waals surface area contributed by atoms with E-state index < -0.39 is 6.10 Å². The number of rotatable bonds is 5. The molecule has 3 aromatic rings. The highest BCUT2D eigenvalue weighted by Crippen LogP contribution is 2.33. The van der Waals surface area contributed by atoms with E-state index in [4.69, 9.17) is 9.57 Å². The molecule has 0 saturated heterocycles. The molecule has 140 valence electrons. The van der Waals surface area contributed by atoms with E-state index in [1.54, 1.807) is 31.4 Å². The van der Waals surface area contributed by atoms with Crippen molar-refractivity contribution in [3.05, 3.63) is 96.1 Å². The molecule has 0 saturated carbocycles. The van der Waals surface area contributed by atoms with Gasteiger partial charge >= 0.3 is 0 Å². The van der Waals surface area contributed by atoms with Gasteiger partial charge in [0.2, 0.25) is 6.10 Å². The quantitative estimate of drug-likeness (QED) is 0.729. The third kappa shape index (κ3) is 3.60. The minimum atomic E-state index is -0.750. The standard InChI is InChI=1S/C23H20N2O3/c1-27-19-14-12-18(13-15-19)24-23(26)22-20(16-8-4-2-5-9-16)21(25-28-22)17-10-6-3-7-11-17/h2-15,20,22H,1H3,(H,24,26)/t20-,22-/m0/s1. The first-order valence-electron chi connectivity index (χ1n) is 9.05. The second kappa shape index (κ2) is 7.96. The number of carbonyl (C=O) groups excluding carboxylic acids is 1. The summed E-state index contributed by atoms with van der Waals surface area (Å²) in [5, 5.41) is 7.19. The van der Waals surface area contributed by atoms with Gasteiger partial charge in [-0.2, -0.15) is 0 Å². The molecule has 4 rings (SSSR count). The highest BCUT2D eigenvalue weighted by Gasteiger charge is 2.41. The van der Waals surface area contributed by atoms with Crippen molar-refractivity contribution in [3.63, 3.8) is 0 Å². The molecule has 5 nitrogen and oxygen atoms in total. The van der Waals surface area contributed by atoms with Crippen LogP contribution in [0.4, 0.5) is 5.69 Å². The van der Waals surface area contributed by atoms with Crippen LogP contribution in [-0.2, 0) is 9.63 Å². The first-order chi connectivity index (χ1) is 13.8. The maximum absolute atomic E-state index is 13.0. The average Bonchev–Trinajstić information content (AvgIpc) is 3.21. The van der Waals surface area contributed by atoms with Crippen LogP contribution >= 0.6 is 0 Å². The second-order valence-corrected chi connectivity index (χ2v) is 6.47. The van der Waals surface area contributed by atoms with Gasteiger partial charge in [-0.25, -0.2) is 0 Å². The Balaban J connectivity index is 1.61. The molecule has 1 N–H and O–H groups in total. The number of oxime groups is 1. The largest absolute Gasteiger partial charge is 0.497 e. The monoisotopic (exact) mass is 372 g/mol. The number of hydrogen-bond acceptors (Lipinski definition) is 4. The molecule has 0 radical (unpaired) electrons. The zero-order valence-electron chi connectivity index (χ0n) is 15.4. The van der Waals surface area contributed by atoms with E-state index in [-0.39, 0.29) is 11.8 Å². The van der Waals surface area contributed by atoms with Gasteiger partial charge in [0, 0.05) is 11.3 Å². The van der Waals surface area contributed by atoms with Crippen molar-refractivity contribution in [2.45, 2.75) is 12.0 Å². The van der Waals surface area contributed by atoms with Crippen LogP contribution in [0.25, 0.3) is 0 Å². The summed E-state index contributed by atoms with van der Waals surface area (Å²) in [6.45, 7) is 0. The van der Waals surface area contributed by atoms with Gasteiger partial charge in [0.25, 0.3) is 5.91 Å². The number of methoxy groups -OCH3 is 1. The summed E-state index contributed by atoms with van der Waals surface area (Å²) in [6.07, 6.45) is -0.750. The van der Waals surface area contributed by atoms with Crippen LogP contribution in [0, 0.1) is 0 Å². The topological polar surface area (TPSA) is 59.9 Å². The number of nitrogens with zero attached hydrogens (tertiary/aromatic N) is 1. The molecule has 1 aliphatic rings. The SMILES string of the molecule is COc1ccc(NC(=O)[C@H]2ON=C(c3ccccc3)[C@@H]2c2ccccc2)cc1. The summed E-state index contributed by atoms with van der Waals surface area (Å²) < 4.78 is 5.16. The minimum Gasteiger partial charge on any atom is -0.497 e. The maximum Gasteiger partial charge on any atom is 0.269 e. The molecule has 3 aromatic carbocycles. The smallest absolute Gasteiger partial charge is 0.269 e. The van der Waals surface area contributed by atoms with Gasteiger partial charge < -0.3 is 14.9 Å². The number of carbonyl (C=O) groups is 1. The number of anilines is 1. The Kier molecular flexibility index (Phi) is 5.06. The van der Waals surface area contributed by atoms with Crippen molar-refractivity contribution < 1.29 is 14.4 Å². The Morgan fingerprint density at radius 3 is 2.21 bits per heavy atom. The lowest BCUT2D eigenvalue weighted by molar-refractivity contribution is -0.126. The van der Waals surface area contributed by atoms with Gasteiger partial charge in [0.15, 0.2) is 0 Å². The molecule has 5 heteroatoms. The van der Waals surface area contributed by atoms with E-state index in [9.17, 15) is 4.79 Å². The van der Waals surface area contributed by atoms with E-state index >= 15 is 0 Å². The van der Waals surface area contributed by atoms with Gasteiger partial charge in [-0.05, 0) is 29.8 Å². The van der Waals surface area contributed by atoms with E-state index in [0.717, 1.165) is 22.6 Å². The molecule has 0 spiro atoms. The number of amides is 1. The van der Waals surface area contributed by atoms with Crippen molar-refractivity contribution in [2.24, 2.45) is 5.16 Å². The number of nitrogens with one attached hydrogen (secondary N) is 1. The summed E-state index contributed by atoms with van der Waals surface area (Å²) in [7, 11) is 1.60. The molecule has 1 aliphatic heterocycles. The van der Waals surface area contributed by atoms with E-state index in [1.807, 2.05) is 60.7 Å². The zero-order chi connectivity index (χ0) is 19.3. The van der Waals surface area contributed by atoms with Gasteiger partial charge in [0.1, 0.15) is 5.75 Å². The molecule has 28 heavy (non-hydrogen) atoms. The molecular formula is C23H20N2O3. The van der Waals surface area contributed by atoms with Crippen LogP contribution in [0.3, 0.4) is 0 Å². The summed E-state index contributed by atoms with van der Waals surface area (Å²) in [5.41, 5.74) is 3.35. The molecule has 0 aromatic heterocycles. The predicted molar refractivity (Wildman–Crippen MR) is 109 cm³/mol. The Morgan fingerprint density at radius 1 is 0.929 bits per heavy atom. The second-order valence-electron chi connectivity index (χ2n) is 6.47. The van der Waals surface area contributed by atoms with Crippen LogP contribution < -0.4 is 10.1 Å². The Hall–Kier alpha value is -3.60. The Morgan fingerprint density at radius 2 is 1.57 bits per heavy atom. The minimum absolute atomic E-state index is 0.242. The van der Waals surface area contributed by atoms with Crippen molar-refractivity contribution in [1.82, 2.24) is 0 Å². The van der Waals surface area contributed by atoms with Crippen molar-refractivity contribution in [2.75, 3.05) is 12.4 Å². The van der Waals surface area contributed by atoms with Crippen LogP contribution in [0.15, 0.2) is 90.1 Å². The Bertz CT molecular complexity index is 970. The molecule has 0 aliphatic carbocycles. The zero-order valence-corrected chi connectivity index (χ0v) is 15.4. The maximum atomic E-state index is 13.0. The first-order valence-corrected chi connectivity index (χ1v) is 9.05. The Labute approximate surface area is 163 Å². The third-order valence-electron chi connectivity index (χ3n) is 4.71. The van der Waals surface area contributed by atoms with Crippen molar-refractivity contribution in [3.8, 4) is 5.75 Å². The molecule has 0 fully saturated rings. The molecular weight excluding hydrogens is 352 g/mol. The van der Waals surface area contributed by atoms with Crippen LogP contribution in [0.5, 0.6) is 5.75 Å². The number of hydrogen-bond donors (Lipinski definition) is 1. The molecule has 1 amide bonds. The van der Waals surface area contributed by atoms with Gasteiger partial charge in [0.05, 0.1) is 18.7 Å². The van der Waals surface area contributed by atoms with Crippen LogP contribution in [0.1, 0.15) is 17.0 Å². The molecule has 0 bridgehead atoms. The molecule has 2 atom stereocenters. The predicted octanol–water partition coefficient (Wildman–Crippen LogP) is 4.22. The van der Waals surface area contributed by atoms with Gasteiger partial charge in [-0.1, -0.05) is 65.8 Å². The van der Waals surface area contributed by atoms with Crippen LogP contribution in [0.2, 0.25) is 0 Å². The van der Waals surface area contributed by atoms with Gasteiger partial charge in [-0.15, -0.1) is 0 Å². The lowest BCUT2D eigenvalue weighted by Gasteiger charge is -2.19. The lowest BCUT2D eigenvalue weighted by Crippen LogP contribution is -2.34. The summed E-state index contributed by atoms with van der Waals surface area (Å²) in [5.74, 6) is 0.197. The number of benzene rings is 3. The summed E-state index contributed by atoms with van der Waals surface area (Å²) in [4.78, 5) is 18.6. The molecule has 0 unspecified atom stereocenters. The third-order valence-corrected chi connectivity index (χ3v) is 4.71. The van der Waals surface area contributed by atoms with Gasteiger partial charge in [-0.3, -0.25) is 4.79 Å². The van der Waals surface area contributed by atoms with Crippen molar-refractivity contribution in [1.29, 1.82) is 0 Å². The summed E-state index contributed by atoms with van der Waals surface area (Å²) in [6, 6.07) is 26.8.